The summed E-state index contributed by atoms with van der Waals surface area (Å²) in [4.78, 5) is 0. The quantitative estimate of drug-likeness (QED) is 0.540. The fraction of sp³-hybridized carbons (Fsp3) is 0.600. The Bertz CT molecular complexity index is 411. The average molecular weight is 284 g/mol. The maximum atomic E-state index is 13.5. The van der Waals surface area contributed by atoms with Crippen LogP contribution in [0.15, 0.2) is 12.1 Å². The monoisotopic (exact) mass is 284 g/mol. The molecule has 1 aromatic carbocycles. The van der Waals surface area contributed by atoms with Crippen molar-refractivity contribution in [3.8, 4) is 5.75 Å². The molecule has 20 heavy (non-hydrogen) atoms. The fourth-order valence-electron chi connectivity index (χ4n) is 1.70. The molecule has 0 aliphatic heterocycles. The summed E-state index contributed by atoms with van der Waals surface area (Å²) in [7, 11) is 0. The van der Waals surface area contributed by atoms with Gasteiger partial charge in [-0.05, 0) is 19.3 Å². The molecular formula is C15H25FN2O2. The predicted molar refractivity (Wildman–Crippen MR) is 80.7 cm³/mol. The first-order valence-corrected chi connectivity index (χ1v) is 7.08. The predicted octanol–water partition coefficient (Wildman–Crippen LogP) is 3.28. The van der Waals surface area contributed by atoms with E-state index in [1.54, 1.807) is 6.07 Å². The van der Waals surface area contributed by atoms with E-state index in [-0.39, 0.29) is 5.75 Å². The summed E-state index contributed by atoms with van der Waals surface area (Å²) in [5.41, 5.74) is 6.85. The third-order valence-electron chi connectivity index (χ3n) is 2.64. The van der Waals surface area contributed by atoms with E-state index >= 15 is 0 Å². The topological polar surface area (TPSA) is 56.5 Å². The summed E-state index contributed by atoms with van der Waals surface area (Å²) in [6.45, 7) is 8.66. The van der Waals surface area contributed by atoms with Gasteiger partial charge in [-0.1, -0.05) is 13.8 Å². The number of halogens is 1. The number of ether oxygens (including phenoxy) is 2. The molecule has 5 heteroatoms. The van der Waals surface area contributed by atoms with Gasteiger partial charge in [-0.3, -0.25) is 0 Å². The lowest BCUT2D eigenvalue weighted by molar-refractivity contribution is 0.110. The smallest absolute Gasteiger partial charge is 0.167 e. The highest BCUT2D eigenvalue weighted by molar-refractivity contribution is 5.68. The van der Waals surface area contributed by atoms with E-state index in [9.17, 15) is 4.39 Å². The second-order valence-corrected chi connectivity index (χ2v) is 5.05. The Hall–Kier alpha value is -1.49. The van der Waals surface area contributed by atoms with Crippen LogP contribution in [0.2, 0.25) is 0 Å². The molecule has 0 aliphatic carbocycles. The van der Waals surface area contributed by atoms with E-state index in [1.807, 2.05) is 6.92 Å². The van der Waals surface area contributed by atoms with Crippen molar-refractivity contribution in [3.05, 3.63) is 17.9 Å². The molecule has 0 fully saturated rings. The van der Waals surface area contributed by atoms with Crippen molar-refractivity contribution in [1.82, 2.24) is 0 Å². The lowest BCUT2D eigenvalue weighted by Gasteiger charge is -2.13. The molecular weight excluding hydrogens is 259 g/mol. The third kappa shape index (κ3) is 5.65. The molecule has 0 heterocycles. The third-order valence-corrected chi connectivity index (χ3v) is 2.64. The van der Waals surface area contributed by atoms with Gasteiger partial charge in [0.25, 0.3) is 0 Å². The summed E-state index contributed by atoms with van der Waals surface area (Å²) in [6.07, 6.45) is 0.869. The number of nitrogens with one attached hydrogen (secondary N) is 1. The molecule has 0 aliphatic rings. The average Bonchev–Trinajstić information content (AvgIpc) is 2.38. The van der Waals surface area contributed by atoms with Crippen molar-refractivity contribution in [1.29, 1.82) is 0 Å². The van der Waals surface area contributed by atoms with Crippen LogP contribution in [0.1, 0.15) is 27.2 Å². The number of nitrogen functional groups attached to an aromatic ring is 1. The maximum Gasteiger partial charge on any atom is 0.167 e. The first-order chi connectivity index (χ1) is 9.54. The molecule has 0 bridgehead atoms. The number of anilines is 2. The molecule has 1 rings (SSSR count). The van der Waals surface area contributed by atoms with Crippen LogP contribution in [0, 0.1) is 11.7 Å². The maximum absolute atomic E-state index is 13.5. The van der Waals surface area contributed by atoms with Crippen molar-refractivity contribution in [2.75, 3.05) is 37.4 Å². The molecule has 0 saturated carbocycles. The zero-order valence-electron chi connectivity index (χ0n) is 12.5. The second-order valence-electron chi connectivity index (χ2n) is 5.05. The highest BCUT2D eigenvalue weighted by Crippen LogP contribution is 2.28. The highest BCUT2D eigenvalue weighted by atomic mass is 19.1. The Morgan fingerprint density at radius 1 is 1.35 bits per heavy atom. The summed E-state index contributed by atoms with van der Waals surface area (Å²) in [5, 5.41) is 3.18. The van der Waals surface area contributed by atoms with Crippen LogP contribution in [0.4, 0.5) is 15.8 Å². The van der Waals surface area contributed by atoms with Crippen LogP contribution in [0.5, 0.6) is 5.75 Å². The summed E-state index contributed by atoms with van der Waals surface area (Å²) in [5.74, 6) is 0.333. The fourth-order valence-corrected chi connectivity index (χ4v) is 1.70. The van der Waals surface area contributed by atoms with Crippen LogP contribution in [-0.2, 0) is 4.74 Å². The molecule has 3 N–H and O–H groups in total. The van der Waals surface area contributed by atoms with Crippen molar-refractivity contribution in [2.45, 2.75) is 27.2 Å². The van der Waals surface area contributed by atoms with Gasteiger partial charge in [0.15, 0.2) is 11.6 Å². The summed E-state index contributed by atoms with van der Waals surface area (Å²) < 4.78 is 24.2. The molecule has 0 spiro atoms. The van der Waals surface area contributed by atoms with Gasteiger partial charge in [0.05, 0.1) is 18.0 Å². The molecule has 0 radical (unpaired) electrons. The first-order valence-electron chi connectivity index (χ1n) is 7.08. The van der Waals surface area contributed by atoms with E-state index < -0.39 is 5.82 Å². The standard InChI is InChI=1S/C15H25FN2O2/c1-4-20-15-9-14(13(17)8-12(15)16)18-6-5-7-19-10-11(2)3/h8-9,11,18H,4-7,10,17H2,1-3H3. The van der Waals surface area contributed by atoms with Crippen molar-refractivity contribution < 1.29 is 13.9 Å². The van der Waals surface area contributed by atoms with Gasteiger partial charge in [0, 0.05) is 31.9 Å². The SMILES string of the molecule is CCOc1cc(NCCCOCC(C)C)c(N)cc1F. The molecule has 114 valence electrons. The zero-order chi connectivity index (χ0) is 15.0. The number of nitrogens with two attached hydrogens (primary N) is 1. The summed E-state index contributed by atoms with van der Waals surface area (Å²) >= 11 is 0. The van der Waals surface area contributed by atoms with Gasteiger partial charge in [0.1, 0.15) is 0 Å². The van der Waals surface area contributed by atoms with Gasteiger partial charge < -0.3 is 20.5 Å². The van der Waals surface area contributed by atoms with E-state index in [0.717, 1.165) is 19.6 Å². The lowest BCUT2D eigenvalue weighted by atomic mass is 10.2. The number of hydrogen-bond acceptors (Lipinski definition) is 4. The van der Waals surface area contributed by atoms with E-state index in [1.165, 1.54) is 6.07 Å². The minimum absolute atomic E-state index is 0.222. The first kappa shape index (κ1) is 16.6. The summed E-state index contributed by atoms with van der Waals surface area (Å²) in [6, 6.07) is 2.88. The van der Waals surface area contributed by atoms with Crippen LogP contribution in [-0.4, -0.2) is 26.4 Å². The Labute approximate surface area is 120 Å². The van der Waals surface area contributed by atoms with Crippen LogP contribution < -0.4 is 15.8 Å². The van der Waals surface area contributed by atoms with E-state index in [0.29, 0.717) is 30.5 Å². The van der Waals surface area contributed by atoms with E-state index in [2.05, 4.69) is 19.2 Å². The van der Waals surface area contributed by atoms with Gasteiger partial charge in [-0.15, -0.1) is 0 Å². The normalized spacial score (nSPS) is 10.8. The zero-order valence-corrected chi connectivity index (χ0v) is 12.5. The molecule has 0 saturated heterocycles. The van der Waals surface area contributed by atoms with Crippen molar-refractivity contribution in [3.63, 3.8) is 0 Å². The van der Waals surface area contributed by atoms with E-state index in [4.69, 9.17) is 15.2 Å². The molecule has 1 aromatic rings. The van der Waals surface area contributed by atoms with Crippen LogP contribution >= 0.6 is 0 Å². The number of hydrogen-bond donors (Lipinski definition) is 2. The Morgan fingerprint density at radius 3 is 2.75 bits per heavy atom. The van der Waals surface area contributed by atoms with Crippen molar-refractivity contribution >= 4 is 11.4 Å². The Balaban J connectivity index is 2.41. The minimum atomic E-state index is -0.435. The van der Waals surface area contributed by atoms with Crippen LogP contribution in [0.25, 0.3) is 0 Å². The van der Waals surface area contributed by atoms with Crippen LogP contribution in [0.3, 0.4) is 0 Å². The molecule has 0 amide bonds. The van der Waals surface area contributed by atoms with Gasteiger partial charge >= 0.3 is 0 Å². The highest BCUT2D eigenvalue weighted by Gasteiger charge is 2.08. The molecule has 0 unspecified atom stereocenters. The largest absolute Gasteiger partial charge is 0.491 e. The van der Waals surface area contributed by atoms with Gasteiger partial charge in [-0.2, -0.15) is 0 Å². The molecule has 0 aromatic heterocycles. The van der Waals surface area contributed by atoms with Gasteiger partial charge in [0.2, 0.25) is 0 Å². The van der Waals surface area contributed by atoms with Gasteiger partial charge in [-0.25, -0.2) is 4.39 Å². The second kappa shape index (κ2) is 8.64. The number of rotatable bonds is 9. The molecule has 0 atom stereocenters. The minimum Gasteiger partial charge on any atom is -0.491 e. The Kier molecular flexibility index (Phi) is 7.15. The molecule has 4 nitrogen and oxygen atoms in total. The number of benzene rings is 1. The Morgan fingerprint density at radius 2 is 2.10 bits per heavy atom. The van der Waals surface area contributed by atoms with Crippen molar-refractivity contribution in [2.24, 2.45) is 5.92 Å². The lowest BCUT2D eigenvalue weighted by Crippen LogP contribution is -2.10.